The summed E-state index contributed by atoms with van der Waals surface area (Å²) in [6.07, 6.45) is 1.94. The van der Waals surface area contributed by atoms with Crippen LogP contribution in [-0.4, -0.2) is 40.3 Å². The van der Waals surface area contributed by atoms with E-state index in [2.05, 4.69) is 0 Å². The molecule has 104 valence electrons. The van der Waals surface area contributed by atoms with Gasteiger partial charge in [-0.3, -0.25) is 4.90 Å². The molecule has 0 aromatic heterocycles. The molecule has 0 radical (unpaired) electrons. The number of nitrogens with zero attached hydrogens (tertiary/aromatic N) is 1. The Balaban J connectivity index is 2.79. The Morgan fingerprint density at radius 3 is 2.28 bits per heavy atom. The average molecular weight is 257 g/mol. The lowest BCUT2D eigenvalue weighted by molar-refractivity contribution is -0.144. The van der Waals surface area contributed by atoms with E-state index >= 15 is 0 Å². The molecule has 1 saturated carbocycles. The Labute approximate surface area is 108 Å². The summed E-state index contributed by atoms with van der Waals surface area (Å²) in [4.78, 5) is 24.8. The number of carboxylic acid groups (broad SMARTS) is 1. The van der Waals surface area contributed by atoms with Crippen molar-refractivity contribution in [3.05, 3.63) is 0 Å². The van der Waals surface area contributed by atoms with Crippen LogP contribution in [0.1, 0.15) is 47.0 Å². The molecule has 0 saturated heterocycles. The predicted molar refractivity (Wildman–Crippen MR) is 67.4 cm³/mol. The van der Waals surface area contributed by atoms with Crippen molar-refractivity contribution in [2.24, 2.45) is 5.92 Å². The first kappa shape index (κ1) is 14.8. The van der Waals surface area contributed by atoms with Gasteiger partial charge in [0.05, 0.1) is 0 Å². The van der Waals surface area contributed by atoms with E-state index < -0.39 is 23.7 Å². The molecule has 0 aromatic carbocycles. The van der Waals surface area contributed by atoms with Gasteiger partial charge in [-0.05, 0) is 46.0 Å². The first-order valence-corrected chi connectivity index (χ1v) is 6.48. The van der Waals surface area contributed by atoms with E-state index in [1.165, 1.54) is 4.90 Å². The Morgan fingerprint density at radius 1 is 1.39 bits per heavy atom. The highest BCUT2D eigenvalue weighted by Crippen LogP contribution is 2.36. The number of hydrogen-bond donors (Lipinski definition) is 1. The van der Waals surface area contributed by atoms with Crippen LogP contribution in [0.4, 0.5) is 4.79 Å². The standard InChI is InChI=1S/C13H23NO4/c1-5-8-14(12(17)18-13(2,3)4)10(11(15)16)9-6-7-9/h9-10H,5-8H2,1-4H3,(H,15,16). The summed E-state index contributed by atoms with van der Waals surface area (Å²) in [5, 5.41) is 9.28. The Hall–Kier alpha value is -1.26. The molecule has 1 unspecified atom stereocenters. The molecule has 18 heavy (non-hydrogen) atoms. The van der Waals surface area contributed by atoms with Gasteiger partial charge in [-0.25, -0.2) is 9.59 Å². The van der Waals surface area contributed by atoms with Crippen molar-refractivity contribution < 1.29 is 19.4 Å². The van der Waals surface area contributed by atoms with E-state index in [9.17, 15) is 14.7 Å². The van der Waals surface area contributed by atoms with Gasteiger partial charge in [0.2, 0.25) is 0 Å². The third-order valence-electron chi connectivity index (χ3n) is 2.75. The van der Waals surface area contributed by atoms with Crippen molar-refractivity contribution in [2.45, 2.75) is 58.6 Å². The minimum atomic E-state index is -0.934. The molecule has 0 bridgehead atoms. The molecule has 1 aliphatic rings. The zero-order chi connectivity index (χ0) is 13.9. The molecule has 1 amide bonds. The summed E-state index contributed by atoms with van der Waals surface area (Å²) in [5.74, 6) is -0.849. The van der Waals surface area contributed by atoms with E-state index in [0.29, 0.717) is 6.54 Å². The van der Waals surface area contributed by atoms with Crippen LogP contribution in [0.3, 0.4) is 0 Å². The normalized spacial score (nSPS) is 17.1. The summed E-state index contributed by atoms with van der Waals surface area (Å²) < 4.78 is 5.29. The first-order valence-electron chi connectivity index (χ1n) is 6.48. The van der Waals surface area contributed by atoms with Crippen molar-refractivity contribution in [3.63, 3.8) is 0 Å². The Bertz CT molecular complexity index is 317. The van der Waals surface area contributed by atoms with Crippen LogP contribution < -0.4 is 0 Å². The van der Waals surface area contributed by atoms with Gasteiger partial charge in [-0.1, -0.05) is 6.92 Å². The van der Waals surface area contributed by atoms with Crippen LogP contribution in [0.15, 0.2) is 0 Å². The van der Waals surface area contributed by atoms with Gasteiger partial charge in [0.1, 0.15) is 11.6 Å². The Morgan fingerprint density at radius 2 is 1.94 bits per heavy atom. The van der Waals surface area contributed by atoms with Crippen LogP contribution in [0, 0.1) is 5.92 Å². The first-order chi connectivity index (χ1) is 8.26. The lowest BCUT2D eigenvalue weighted by Gasteiger charge is -2.31. The maximum atomic E-state index is 12.1. The number of carboxylic acids is 1. The zero-order valence-electron chi connectivity index (χ0n) is 11.6. The van der Waals surface area contributed by atoms with Crippen LogP contribution in [0.5, 0.6) is 0 Å². The molecular formula is C13H23NO4. The summed E-state index contributed by atoms with van der Waals surface area (Å²) >= 11 is 0. The monoisotopic (exact) mass is 257 g/mol. The van der Waals surface area contributed by atoms with E-state index in [-0.39, 0.29) is 5.92 Å². The van der Waals surface area contributed by atoms with Gasteiger partial charge in [0.25, 0.3) is 0 Å². The van der Waals surface area contributed by atoms with E-state index in [1.807, 2.05) is 6.92 Å². The van der Waals surface area contributed by atoms with Gasteiger partial charge < -0.3 is 9.84 Å². The summed E-state index contributed by atoms with van der Waals surface area (Å²) in [5.41, 5.74) is -0.602. The number of ether oxygens (including phenoxy) is 1. The number of rotatable bonds is 5. The molecule has 5 nitrogen and oxygen atoms in total. The summed E-state index contributed by atoms with van der Waals surface area (Å²) in [6.45, 7) is 7.68. The quantitative estimate of drug-likeness (QED) is 0.821. The average Bonchev–Trinajstić information content (AvgIpc) is 2.97. The highest BCUT2D eigenvalue weighted by atomic mass is 16.6. The van der Waals surface area contributed by atoms with Crippen LogP contribution >= 0.6 is 0 Å². The largest absolute Gasteiger partial charge is 0.480 e. The molecular weight excluding hydrogens is 234 g/mol. The van der Waals surface area contributed by atoms with Gasteiger partial charge >= 0.3 is 12.1 Å². The van der Waals surface area contributed by atoms with Gasteiger partial charge in [0, 0.05) is 6.54 Å². The van der Waals surface area contributed by atoms with E-state index in [4.69, 9.17) is 4.74 Å². The fraction of sp³-hybridized carbons (Fsp3) is 0.846. The fourth-order valence-corrected chi connectivity index (χ4v) is 1.91. The van der Waals surface area contributed by atoms with E-state index in [0.717, 1.165) is 19.3 Å². The van der Waals surface area contributed by atoms with Crippen molar-refractivity contribution in [1.82, 2.24) is 4.90 Å². The lowest BCUT2D eigenvalue weighted by atomic mass is 10.1. The second-order valence-electron chi connectivity index (χ2n) is 5.79. The second kappa shape index (κ2) is 5.59. The Kier molecular flexibility index (Phi) is 4.59. The van der Waals surface area contributed by atoms with Crippen LogP contribution in [0.25, 0.3) is 0 Å². The number of carbonyl (C=O) groups excluding carboxylic acids is 1. The molecule has 1 atom stereocenters. The van der Waals surface area contributed by atoms with Crippen LogP contribution in [0.2, 0.25) is 0 Å². The predicted octanol–water partition coefficient (Wildman–Crippen LogP) is 2.50. The van der Waals surface area contributed by atoms with Crippen molar-refractivity contribution in [2.75, 3.05) is 6.54 Å². The van der Waals surface area contributed by atoms with Crippen molar-refractivity contribution in [3.8, 4) is 0 Å². The molecule has 1 aliphatic carbocycles. The van der Waals surface area contributed by atoms with Crippen molar-refractivity contribution in [1.29, 1.82) is 0 Å². The topological polar surface area (TPSA) is 66.8 Å². The van der Waals surface area contributed by atoms with Crippen LogP contribution in [-0.2, 0) is 9.53 Å². The smallest absolute Gasteiger partial charge is 0.411 e. The molecule has 0 aromatic rings. The third-order valence-corrected chi connectivity index (χ3v) is 2.75. The number of carbonyl (C=O) groups is 2. The maximum absolute atomic E-state index is 12.1. The number of amides is 1. The number of aliphatic carboxylic acids is 1. The molecule has 1 N–H and O–H groups in total. The summed E-state index contributed by atoms with van der Waals surface area (Å²) in [6, 6.07) is -0.736. The van der Waals surface area contributed by atoms with Gasteiger partial charge in [0.15, 0.2) is 0 Å². The molecule has 0 aliphatic heterocycles. The van der Waals surface area contributed by atoms with Gasteiger partial charge in [-0.2, -0.15) is 0 Å². The second-order valence-corrected chi connectivity index (χ2v) is 5.79. The minimum Gasteiger partial charge on any atom is -0.480 e. The highest BCUT2D eigenvalue weighted by Gasteiger charge is 2.43. The lowest BCUT2D eigenvalue weighted by Crippen LogP contribution is -2.48. The summed E-state index contributed by atoms with van der Waals surface area (Å²) in [7, 11) is 0. The molecule has 1 fully saturated rings. The molecule has 1 rings (SSSR count). The van der Waals surface area contributed by atoms with Crippen molar-refractivity contribution >= 4 is 12.1 Å². The third kappa shape index (κ3) is 4.20. The van der Waals surface area contributed by atoms with E-state index in [1.54, 1.807) is 20.8 Å². The maximum Gasteiger partial charge on any atom is 0.411 e. The number of hydrogen-bond acceptors (Lipinski definition) is 3. The SMILES string of the molecule is CCCN(C(=O)OC(C)(C)C)C(C(=O)O)C1CC1. The molecule has 0 heterocycles. The molecule has 5 heteroatoms. The highest BCUT2D eigenvalue weighted by molar-refractivity contribution is 5.80. The zero-order valence-corrected chi connectivity index (χ0v) is 11.6. The van der Waals surface area contributed by atoms with Gasteiger partial charge in [-0.15, -0.1) is 0 Å². The fourth-order valence-electron chi connectivity index (χ4n) is 1.91. The molecule has 0 spiro atoms. The minimum absolute atomic E-state index is 0.0848.